The number of rotatable bonds is 5. The van der Waals surface area contributed by atoms with Gasteiger partial charge in [0.2, 0.25) is 0 Å². The van der Waals surface area contributed by atoms with Gasteiger partial charge in [0.1, 0.15) is 6.61 Å². The van der Waals surface area contributed by atoms with Crippen molar-refractivity contribution in [3.05, 3.63) is 59.3 Å². The van der Waals surface area contributed by atoms with Gasteiger partial charge >= 0.3 is 5.97 Å². The van der Waals surface area contributed by atoms with Crippen molar-refractivity contribution < 1.29 is 14.3 Å². The second-order valence-electron chi connectivity index (χ2n) is 7.07. The Morgan fingerprint density at radius 1 is 1.14 bits per heavy atom. The van der Waals surface area contributed by atoms with Crippen molar-refractivity contribution in [3.8, 4) is 0 Å². The van der Waals surface area contributed by atoms with Gasteiger partial charge in [0, 0.05) is 12.3 Å². The van der Waals surface area contributed by atoms with Crippen LogP contribution >= 0.6 is 0 Å². The van der Waals surface area contributed by atoms with Gasteiger partial charge in [-0.3, -0.25) is 0 Å². The number of carbonyl (C=O) groups excluding carboxylic acids is 1. The number of esters is 1. The van der Waals surface area contributed by atoms with Crippen molar-refractivity contribution >= 4 is 28.5 Å². The third-order valence-corrected chi connectivity index (χ3v) is 4.96. The van der Waals surface area contributed by atoms with Crippen molar-refractivity contribution in [2.24, 2.45) is 0 Å². The van der Waals surface area contributed by atoms with Crippen LogP contribution in [0.4, 0.5) is 11.5 Å². The minimum Gasteiger partial charge on any atom is -0.458 e. The van der Waals surface area contributed by atoms with Crippen LogP contribution in [0, 0.1) is 13.8 Å². The van der Waals surface area contributed by atoms with E-state index in [9.17, 15) is 4.79 Å². The zero-order valence-corrected chi connectivity index (χ0v) is 16.1. The molecule has 0 unspecified atom stereocenters. The quantitative estimate of drug-likeness (QED) is 0.667. The molecule has 144 valence electrons. The third kappa shape index (κ3) is 3.97. The molecule has 0 radical (unpaired) electrons. The van der Waals surface area contributed by atoms with Gasteiger partial charge in [-0.05, 0) is 62.1 Å². The van der Waals surface area contributed by atoms with Gasteiger partial charge in [0.25, 0.3) is 0 Å². The van der Waals surface area contributed by atoms with Crippen molar-refractivity contribution in [1.29, 1.82) is 0 Å². The van der Waals surface area contributed by atoms with E-state index < -0.39 is 5.97 Å². The molecule has 3 aromatic rings. The SMILES string of the molecule is Cc1ccc(Nc2nc3ccccc3nc2C(=O)OC[C@@H]2CCCO2)cc1C. The van der Waals surface area contributed by atoms with E-state index in [2.05, 4.69) is 22.2 Å². The van der Waals surface area contributed by atoms with Crippen LogP contribution in [0.2, 0.25) is 0 Å². The number of aromatic nitrogens is 2. The van der Waals surface area contributed by atoms with Gasteiger partial charge in [-0.1, -0.05) is 18.2 Å². The monoisotopic (exact) mass is 377 g/mol. The number of nitrogens with zero attached hydrogens (tertiary/aromatic N) is 2. The van der Waals surface area contributed by atoms with Crippen LogP contribution < -0.4 is 5.32 Å². The summed E-state index contributed by atoms with van der Waals surface area (Å²) in [5.41, 5.74) is 4.74. The molecular weight excluding hydrogens is 354 g/mol. The number of carbonyl (C=O) groups is 1. The summed E-state index contributed by atoms with van der Waals surface area (Å²) >= 11 is 0. The summed E-state index contributed by atoms with van der Waals surface area (Å²) in [6.45, 7) is 5.06. The highest BCUT2D eigenvalue weighted by Crippen LogP contribution is 2.24. The first kappa shape index (κ1) is 18.4. The minimum absolute atomic E-state index is 0.0338. The maximum atomic E-state index is 12.8. The summed E-state index contributed by atoms with van der Waals surface area (Å²) in [4.78, 5) is 21.9. The number of nitrogens with one attached hydrogen (secondary N) is 1. The van der Waals surface area contributed by atoms with Crippen LogP contribution in [0.3, 0.4) is 0 Å². The zero-order chi connectivity index (χ0) is 19.5. The molecular formula is C22H23N3O3. The fraction of sp³-hybridized carbons (Fsp3) is 0.318. The molecule has 6 nitrogen and oxygen atoms in total. The fourth-order valence-electron chi connectivity index (χ4n) is 3.20. The molecule has 4 rings (SSSR count). The molecule has 1 saturated heterocycles. The second-order valence-corrected chi connectivity index (χ2v) is 7.07. The van der Waals surface area contributed by atoms with Crippen molar-refractivity contribution in [2.45, 2.75) is 32.8 Å². The number of hydrogen-bond donors (Lipinski definition) is 1. The van der Waals surface area contributed by atoms with Gasteiger partial charge in [-0.15, -0.1) is 0 Å². The molecule has 0 saturated carbocycles. The van der Waals surface area contributed by atoms with Gasteiger partial charge < -0.3 is 14.8 Å². The highest BCUT2D eigenvalue weighted by molar-refractivity contribution is 5.96. The Morgan fingerprint density at radius 2 is 1.93 bits per heavy atom. The summed E-state index contributed by atoms with van der Waals surface area (Å²) in [6, 6.07) is 13.5. The second kappa shape index (κ2) is 7.94. The number of para-hydroxylation sites is 2. The minimum atomic E-state index is -0.500. The Labute approximate surface area is 163 Å². The summed E-state index contributed by atoms with van der Waals surface area (Å²) in [5, 5.41) is 3.24. The third-order valence-electron chi connectivity index (χ3n) is 4.96. The van der Waals surface area contributed by atoms with Crippen molar-refractivity contribution in [2.75, 3.05) is 18.5 Å². The van der Waals surface area contributed by atoms with E-state index in [0.717, 1.165) is 30.7 Å². The topological polar surface area (TPSA) is 73.3 Å². The number of anilines is 2. The molecule has 0 aliphatic carbocycles. The van der Waals surface area contributed by atoms with Crippen molar-refractivity contribution in [3.63, 3.8) is 0 Å². The smallest absolute Gasteiger partial charge is 0.360 e. The van der Waals surface area contributed by atoms with Gasteiger partial charge in [-0.25, -0.2) is 14.8 Å². The van der Waals surface area contributed by atoms with E-state index >= 15 is 0 Å². The van der Waals surface area contributed by atoms with Gasteiger partial charge in [0.05, 0.1) is 17.1 Å². The number of hydrogen-bond acceptors (Lipinski definition) is 6. The first-order chi connectivity index (χ1) is 13.6. The number of ether oxygens (including phenoxy) is 2. The predicted octanol–water partition coefficient (Wildman–Crippen LogP) is 4.33. The van der Waals surface area contributed by atoms with E-state index in [4.69, 9.17) is 9.47 Å². The van der Waals surface area contributed by atoms with Crippen LogP contribution in [0.25, 0.3) is 11.0 Å². The Bertz CT molecular complexity index is 1010. The average molecular weight is 377 g/mol. The Balaban J connectivity index is 1.65. The summed E-state index contributed by atoms with van der Waals surface area (Å²) in [7, 11) is 0. The number of aryl methyl sites for hydroxylation is 2. The molecule has 0 spiro atoms. The fourth-order valence-corrected chi connectivity index (χ4v) is 3.20. The van der Waals surface area contributed by atoms with Crippen LogP contribution in [0.15, 0.2) is 42.5 Å². The molecule has 1 aliphatic rings. The highest BCUT2D eigenvalue weighted by atomic mass is 16.6. The lowest BCUT2D eigenvalue weighted by Gasteiger charge is -2.14. The predicted molar refractivity (Wildman–Crippen MR) is 108 cm³/mol. The summed E-state index contributed by atoms with van der Waals surface area (Å²) < 4.78 is 11.0. The van der Waals surface area contributed by atoms with Crippen LogP contribution in [-0.2, 0) is 9.47 Å². The maximum Gasteiger partial charge on any atom is 0.360 e. The normalized spacial score (nSPS) is 16.3. The van der Waals surface area contributed by atoms with Crippen LogP contribution in [-0.4, -0.2) is 35.3 Å². The molecule has 1 aliphatic heterocycles. The lowest BCUT2D eigenvalue weighted by atomic mass is 10.1. The summed E-state index contributed by atoms with van der Waals surface area (Å²) in [5.74, 6) is -0.112. The van der Waals surface area contributed by atoms with Gasteiger partial charge in [0.15, 0.2) is 11.5 Å². The molecule has 0 bridgehead atoms. The maximum absolute atomic E-state index is 12.8. The van der Waals surface area contributed by atoms with Crippen LogP contribution in [0.1, 0.15) is 34.5 Å². The summed E-state index contributed by atoms with van der Waals surface area (Å²) in [6.07, 6.45) is 1.87. The zero-order valence-electron chi connectivity index (χ0n) is 16.1. The first-order valence-electron chi connectivity index (χ1n) is 9.50. The van der Waals surface area contributed by atoms with Crippen LogP contribution in [0.5, 0.6) is 0 Å². The first-order valence-corrected chi connectivity index (χ1v) is 9.50. The van der Waals surface area contributed by atoms with E-state index in [1.165, 1.54) is 5.56 Å². The average Bonchev–Trinajstić information content (AvgIpc) is 3.22. The largest absolute Gasteiger partial charge is 0.458 e. The molecule has 1 aromatic heterocycles. The number of benzene rings is 2. The highest BCUT2D eigenvalue weighted by Gasteiger charge is 2.22. The van der Waals surface area contributed by atoms with E-state index in [0.29, 0.717) is 16.9 Å². The standard InChI is InChI=1S/C22H23N3O3/c1-14-9-10-16(12-15(14)2)23-21-20(22(26)28-13-17-6-5-11-27-17)24-18-7-3-4-8-19(18)25-21/h3-4,7-10,12,17H,5-6,11,13H2,1-2H3,(H,23,25)/t17-/m0/s1. The Kier molecular flexibility index (Phi) is 5.21. The molecule has 1 N–H and O–H groups in total. The lowest BCUT2D eigenvalue weighted by molar-refractivity contribution is 0.0157. The molecule has 6 heteroatoms. The van der Waals surface area contributed by atoms with E-state index in [1.54, 1.807) is 0 Å². The molecule has 2 heterocycles. The Hall–Kier alpha value is -2.99. The molecule has 1 fully saturated rings. The molecule has 2 aromatic carbocycles. The van der Waals surface area contributed by atoms with E-state index in [1.807, 2.05) is 49.4 Å². The molecule has 28 heavy (non-hydrogen) atoms. The number of fused-ring (bicyclic) bond motifs is 1. The van der Waals surface area contributed by atoms with E-state index in [-0.39, 0.29) is 18.4 Å². The molecule has 1 atom stereocenters. The Morgan fingerprint density at radius 3 is 2.64 bits per heavy atom. The van der Waals surface area contributed by atoms with Gasteiger partial charge in [-0.2, -0.15) is 0 Å². The lowest BCUT2D eigenvalue weighted by Crippen LogP contribution is -2.19. The van der Waals surface area contributed by atoms with Crippen molar-refractivity contribution in [1.82, 2.24) is 9.97 Å². The molecule has 0 amide bonds.